The van der Waals surface area contributed by atoms with Gasteiger partial charge in [-0.3, -0.25) is 14.4 Å². The molecule has 1 heterocycles. The van der Waals surface area contributed by atoms with E-state index in [-0.39, 0.29) is 6.61 Å². The number of carbonyl (C=O) groups excluding carboxylic acids is 3. The van der Waals surface area contributed by atoms with Gasteiger partial charge in [0, 0.05) is 25.7 Å². The van der Waals surface area contributed by atoms with Crippen LogP contribution in [0.1, 0.15) is 34.1 Å². The maximum Gasteiger partial charge on any atom is 0.303 e. The van der Waals surface area contributed by atoms with Crippen molar-refractivity contribution in [1.29, 1.82) is 0 Å². The van der Waals surface area contributed by atoms with Crippen LogP contribution >= 0.6 is 11.8 Å². The van der Waals surface area contributed by atoms with E-state index in [1.54, 1.807) is 0 Å². The van der Waals surface area contributed by atoms with Crippen molar-refractivity contribution in [3.05, 3.63) is 10.4 Å². The zero-order valence-electron chi connectivity index (χ0n) is 15.1. The van der Waals surface area contributed by atoms with Gasteiger partial charge < -0.3 is 18.9 Å². The minimum Gasteiger partial charge on any atom is -0.463 e. The molecule has 26 heavy (non-hydrogen) atoms. The Morgan fingerprint density at radius 1 is 1.12 bits per heavy atom. The molecule has 0 aromatic heterocycles. The Morgan fingerprint density at radius 2 is 1.73 bits per heavy atom. The smallest absolute Gasteiger partial charge is 0.303 e. The molecule has 146 valence electrons. The van der Waals surface area contributed by atoms with Crippen LogP contribution in [0.3, 0.4) is 0 Å². The average molecular weight is 389 g/mol. The highest BCUT2D eigenvalue weighted by molar-refractivity contribution is 7.99. The summed E-state index contributed by atoms with van der Waals surface area (Å²) < 4.78 is 21.4. The standard InChI is InChI=1S/C15H23N3O7S/c1-5-6-26-15-14(24-10(4)21)12(17-18-16)13(23-9(3)20)11(25-15)7-22-8(2)19/h11-15H,5-7H2,1-4H3/t11?,12?,13-,14?,15+/m0/s1. The number of azide groups is 1. The van der Waals surface area contributed by atoms with Crippen LogP contribution in [-0.2, 0) is 33.3 Å². The Labute approximate surface area is 155 Å². The summed E-state index contributed by atoms with van der Waals surface area (Å²) in [5.41, 5.74) is 8.27. The molecular formula is C15H23N3O7S. The summed E-state index contributed by atoms with van der Waals surface area (Å²) in [6, 6.07) is -1.02. The lowest BCUT2D eigenvalue weighted by Crippen LogP contribution is -2.59. The highest BCUT2D eigenvalue weighted by atomic mass is 32.2. The summed E-state index contributed by atoms with van der Waals surface area (Å²) in [5.74, 6) is -1.05. The van der Waals surface area contributed by atoms with Gasteiger partial charge in [0.2, 0.25) is 0 Å². The Bertz CT molecular complexity index is 567. The predicted molar refractivity (Wildman–Crippen MR) is 92.1 cm³/mol. The molecule has 0 amide bonds. The first-order valence-electron chi connectivity index (χ1n) is 8.09. The monoisotopic (exact) mass is 389 g/mol. The van der Waals surface area contributed by atoms with Crippen molar-refractivity contribution < 1.29 is 33.3 Å². The van der Waals surface area contributed by atoms with Gasteiger partial charge in [0.25, 0.3) is 0 Å². The van der Waals surface area contributed by atoms with E-state index in [0.717, 1.165) is 6.42 Å². The van der Waals surface area contributed by atoms with Gasteiger partial charge in [-0.25, -0.2) is 0 Å². The van der Waals surface area contributed by atoms with Crippen LogP contribution in [0, 0.1) is 0 Å². The number of hydrogen-bond acceptors (Lipinski definition) is 9. The molecule has 10 nitrogen and oxygen atoms in total. The number of rotatable bonds is 8. The van der Waals surface area contributed by atoms with Crippen molar-refractivity contribution >= 4 is 29.7 Å². The molecular weight excluding hydrogens is 366 g/mol. The molecule has 1 rings (SSSR count). The number of carbonyl (C=O) groups is 3. The summed E-state index contributed by atoms with van der Waals surface area (Å²) in [6.45, 7) is 5.43. The molecule has 1 aliphatic rings. The SMILES string of the molecule is CCCS[C@H]1OC(COC(C)=O)[C@H](OC(C)=O)C(N=[N+]=[N-])C1OC(C)=O. The largest absolute Gasteiger partial charge is 0.463 e. The van der Waals surface area contributed by atoms with Crippen molar-refractivity contribution in [1.82, 2.24) is 0 Å². The Balaban J connectivity index is 3.20. The molecule has 0 aromatic rings. The Hall–Kier alpha value is -1.97. The van der Waals surface area contributed by atoms with Crippen LogP contribution < -0.4 is 0 Å². The zero-order chi connectivity index (χ0) is 19.7. The average Bonchev–Trinajstić information content (AvgIpc) is 2.54. The summed E-state index contributed by atoms with van der Waals surface area (Å²) in [6.07, 6.45) is -2.03. The molecule has 1 fully saturated rings. The second-order valence-electron chi connectivity index (χ2n) is 5.56. The molecule has 0 aromatic carbocycles. The van der Waals surface area contributed by atoms with Crippen molar-refractivity contribution in [2.24, 2.45) is 5.11 Å². The van der Waals surface area contributed by atoms with E-state index in [1.165, 1.54) is 32.5 Å². The van der Waals surface area contributed by atoms with E-state index in [0.29, 0.717) is 5.75 Å². The second-order valence-corrected chi connectivity index (χ2v) is 6.77. The molecule has 0 spiro atoms. The van der Waals surface area contributed by atoms with Gasteiger partial charge in [0.15, 0.2) is 0 Å². The Kier molecular flexibility index (Phi) is 9.25. The first-order chi connectivity index (χ1) is 12.3. The molecule has 11 heteroatoms. The number of hydrogen-bond donors (Lipinski definition) is 0. The minimum absolute atomic E-state index is 0.194. The highest BCUT2D eigenvalue weighted by Crippen LogP contribution is 2.34. The lowest BCUT2D eigenvalue weighted by atomic mass is 9.97. The lowest BCUT2D eigenvalue weighted by molar-refractivity contribution is -0.201. The summed E-state index contributed by atoms with van der Waals surface area (Å²) in [4.78, 5) is 36.9. The summed E-state index contributed by atoms with van der Waals surface area (Å²) in [7, 11) is 0. The maximum atomic E-state index is 11.5. The van der Waals surface area contributed by atoms with Crippen molar-refractivity contribution in [2.75, 3.05) is 12.4 Å². The van der Waals surface area contributed by atoms with Gasteiger partial charge in [-0.2, -0.15) is 0 Å². The van der Waals surface area contributed by atoms with E-state index in [9.17, 15) is 14.4 Å². The van der Waals surface area contributed by atoms with E-state index in [2.05, 4.69) is 10.0 Å². The molecule has 0 radical (unpaired) electrons. The number of thioether (sulfide) groups is 1. The predicted octanol–water partition coefficient (Wildman–Crippen LogP) is 1.96. The van der Waals surface area contributed by atoms with Crippen molar-refractivity contribution in [3.63, 3.8) is 0 Å². The van der Waals surface area contributed by atoms with Crippen LogP contribution in [0.4, 0.5) is 0 Å². The number of nitrogens with zero attached hydrogens (tertiary/aromatic N) is 3. The third-order valence-electron chi connectivity index (χ3n) is 3.34. The zero-order valence-corrected chi connectivity index (χ0v) is 15.9. The van der Waals surface area contributed by atoms with Gasteiger partial charge in [0.1, 0.15) is 36.4 Å². The van der Waals surface area contributed by atoms with Crippen LogP contribution in [0.5, 0.6) is 0 Å². The van der Waals surface area contributed by atoms with Gasteiger partial charge in [-0.15, -0.1) is 11.8 Å². The molecule has 0 bridgehead atoms. The van der Waals surface area contributed by atoms with Crippen LogP contribution in [0.25, 0.3) is 10.4 Å². The molecule has 5 atom stereocenters. The quantitative estimate of drug-likeness (QED) is 0.202. The molecule has 0 saturated carbocycles. The van der Waals surface area contributed by atoms with Gasteiger partial charge in [-0.05, 0) is 17.7 Å². The Morgan fingerprint density at radius 3 is 2.23 bits per heavy atom. The first-order valence-corrected chi connectivity index (χ1v) is 9.14. The van der Waals surface area contributed by atoms with Gasteiger partial charge in [-0.1, -0.05) is 12.0 Å². The third-order valence-corrected chi connectivity index (χ3v) is 4.69. The second kappa shape index (κ2) is 10.9. The van der Waals surface area contributed by atoms with Crippen LogP contribution in [0.15, 0.2) is 5.11 Å². The maximum absolute atomic E-state index is 11.5. The van der Waals surface area contributed by atoms with Gasteiger partial charge in [0.05, 0.1) is 0 Å². The topological polar surface area (TPSA) is 137 Å². The molecule has 1 saturated heterocycles. The summed E-state index contributed by atoms with van der Waals surface area (Å²) in [5, 5.41) is 3.68. The first kappa shape index (κ1) is 22.1. The minimum atomic E-state index is -1.06. The molecule has 3 unspecified atom stereocenters. The van der Waals surface area contributed by atoms with Gasteiger partial charge >= 0.3 is 17.9 Å². The normalized spacial score (nSPS) is 27.8. The van der Waals surface area contributed by atoms with E-state index in [4.69, 9.17) is 24.5 Å². The van der Waals surface area contributed by atoms with Crippen molar-refractivity contribution in [2.45, 2.75) is 63.9 Å². The van der Waals surface area contributed by atoms with E-state index < -0.39 is 47.7 Å². The lowest BCUT2D eigenvalue weighted by Gasteiger charge is -2.43. The molecule has 0 N–H and O–H groups in total. The number of esters is 3. The van der Waals surface area contributed by atoms with E-state index in [1.807, 2.05) is 6.92 Å². The fourth-order valence-electron chi connectivity index (χ4n) is 2.44. The number of ether oxygens (including phenoxy) is 4. The van der Waals surface area contributed by atoms with E-state index >= 15 is 0 Å². The third kappa shape index (κ3) is 6.74. The fourth-order valence-corrected chi connectivity index (χ4v) is 3.54. The summed E-state index contributed by atoms with van der Waals surface area (Å²) >= 11 is 1.37. The highest BCUT2D eigenvalue weighted by Gasteiger charge is 2.49. The molecule has 0 aliphatic carbocycles. The van der Waals surface area contributed by atoms with Crippen LogP contribution in [0.2, 0.25) is 0 Å². The van der Waals surface area contributed by atoms with Crippen LogP contribution in [-0.4, -0.2) is 60.1 Å². The van der Waals surface area contributed by atoms with Crippen molar-refractivity contribution in [3.8, 4) is 0 Å². The fraction of sp³-hybridized carbons (Fsp3) is 0.800. The molecule has 1 aliphatic heterocycles.